The standard InChI is InChI=1S/C12H10FN3O2/c1-8-2-4-10(7-14-8)15-11-5-3-9(13)6-12(11)16(17)18/h2-7,15H,1H3. The van der Waals surface area contributed by atoms with Gasteiger partial charge in [0, 0.05) is 5.69 Å². The zero-order valence-electron chi connectivity index (χ0n) is 9.55. The molecular weight excluding hydrogens is 237 g/mol. The number of hydrogen-bond donors (Lipinski definition) is 1. The van der Waals surface area contributed by atoms with E-state index in [1.807, 2.05) is 6.92 Å². The number of pyridine rings is 1. The Morgan fingerprint density at radius 2 is 2.11 bits per heavy atom. The lowest BCUT2D eigenvalue weighted by atomic mass is 10.2. The van der Waals surface area contributed by atoms with Crippen LogP contribution in [0.25, 0.3) is 0 Å². The van der Waals surface area contributed by atoms with E-state index in [-0.39, 0.29) is 11.4 Å². The van der Waals surface area contributed by atoms with E-state index >= 15 is 0 Å². The summed E-state index contributed by atoms with van der Waals surface area (Å²) in [4.78, 5) is 14.2. The predicted octanol–water partition coefficient (Wildman–Crippen LogP) is 3.18. The summed E-state index contributed by atoms with van der Waals surface area (Å²) in [5.74, 6) is -0.644. The van der Waals surface area contributed by atoms with Gasteiger partial charge >= 0.3 is 0 Å². The van der Waals surface area contributed by atoms with Crippen molar-refractivity contribution in [1.82, 2.24) is 4.98 Å². The number of aromatic nitrogens is 1. The maximum Gasteiger partial charge on any atom is 0.295 e. The van der Waals surface area contributed by atoms with Crippen LogP contribution in [0.15, 0.2) is 36.5 Å². The molecule has 0 aliphatic rings. The first-order chi connectivity index (χ1) is 8.56. The van der Waals surface area contributed by atoms with Crippen LogP contribution in [0, 0.1) is 22.9 Å². The zero-order valence-corrected chi connectivity index (χ0v) is 9.55. The van der Waals surface area contributed by atoms with Crippen LogP contribution in [0.4, 0.5) is 21.5 Å². The van der Waals surface area contributed by atoms with Gasteiger partial charge in [-0.2, -0.15) is 0 Å². The Balaban J connectivity index is 2.34. The smallest absolute Gasteiger partial charge is 0.295 e. The molecule has 0 atom stereocenters. The number of nitro benzene ring substituents is 1. The second kappa shape index (κ2) is 4.79. The van der Waals surface area contributed by atoms with E-state index in [0.717, 1.165) is 17.8 Å². The zero-order chi connectivity index (χ0) is 13.1. The molecule has 0 aliphatic heterocycles. The van der Waals surface area contributed by atoms with Crippen LogP contribution in [0.3, 0.4) is 0 Å². The first kappa shape index (κ1) is 12.0. The summed E-state index contributed by atoms with van der Waals surface area (Å²) in [6, 6.07) is 6.89. The van der Waals surface area contributed by atoms with Crippen molar-refractivity contribution in [2.75, 3.05) is 5.32 Å². The number of nitrogens with zero attached hydrogens (tertiary/aromatic N) is 2. The molecular formula is C12H10FN3O2. The summed E-state index contributed by atoms with van der Waals surface area (Å²) in [7, 11) is 0. The Morgan fingerprint density at radius 3 is 2.72 bits per heavy atom. The summed E-state index contributed by atoms with van der Waals surface area (Å²) in [5, 5.41) is 13.6. The number of anilines is 2. The van der Waals surface area contributed by atoms with Gasteiger partial charge in [-0.25, -0.2) is 4.39 Å². The molecule has 92 valence electrons. The minimum absolute atomic E-state index is 0.229. The molecule has 0 amide bonds. The van der Waals surface area contributed by atoms with Crippen LogP contribution in [-0.2, 0) is 0 Å². The maximum atomic E-state index is 13.0. The quantitative estimate of drug-likeness (QED) is 0.668. The van der Waals surface area contributed by atoms with Crippen molar-refractivity contribution in [3.63, 3.8) is 0 Å². The topological polar surface area (TPSA) is 68.1 Å². The first-order valence-electron chi connectivity index (χ1n) is 5.20. The fourth-order valence-corrected chi connectivity index (χ4v) is 1.46. The Morgan fingerprint density at radius 1 is 1.33 bits per heavy atom. The third-order valence-corrected chi connectivity index (χ3v) is 2.35. The molecule has 18 heavy (non-hydrogen) atoms. The summed E-state index contributed by atoms with van der Waals surface area (Å²) in [5.41, 5.74) is 1.37. The molecule has 0 unspecified atom stereocenters. The van der Waals surface area contributed by atoms with Crippen molar-refractivity contribution in [3.05, 3.63) is 58.2 Å². The maximum absolute atomic E-state index is 13.0. The van der Waals surface area contributed by atoms with Crippen molar-refractivity contribution < 1.29 is 9.31 Å². The fraction of sp³-hybridized carbons (Fsp3) is 0.0833. The largest absolute Gasteiger partial charge is 0.349 e. The molecule has 0 saturated carbocycles. The third-order valence-electron chi connectivity index (χ3n) is 2.35. The molecule has 2 aromatic rings. The number of halogens is 1. The second-order valence-corrected chi connectivity index (χ2v) is 3.73. The van der Waals surface area contributed by atoms with Crippen LogP contribution >= 0.6 is 0 Å². The van der Waals surface area contributed by atoms with Gasteiger partial charge in [-0.05, 0) is 31.2 Å². The molecule has 2 rings (SSSR count). The first-order valence-corrected chi connectivity index (χ1v) is 5.20. The Kier molecular flexibility index (Phi) is 3.18. The van der Waals surface area contributed by atoms with Gasteiger partial charge in [0.25, 0.3) is 5.69 Å². The average Bonchev–Trinajstić information content (AvgIpc) is 2.34. The summed E-state index contributed by atoms with van der Waals surface area (Å²) in [6.45, 7) is 1.84. The highest BCUT2D eigenvalue weighted by Gasteiger charge is 2.14. The second-order valence-electron chi connectivity index (χ2n) is 3.73. The summed E-state index contributed by atoms with van der Waals surface area (Å²) in [6.07, 6.45) is 1.56. The molecule has 0 spiro atoms. The van der Waals surface area contributed by atoms with Gasteiger partial charge in [0.15, 0.2) is 0 Å². The molecule has 6 heteroatoms. The number of nitrogens with one attached hydrogen (secondary N) is 1. The molecule has 1 N–H and O–H groups in total. The Hall–Kier alpha value is -2.50. The third kappa shape index (κ3) is 2.60. The highest BCUT2D eigenvalue weighted by atomic mass is 19.1. The average molecular weight is 247 g/mol. The molecule has 1 aromatic carbocycles. The highest BCUT2D eigenvalue weighted by Crippen LogP contribution is 2.27. The molecule has 1 aromatic heterocycles. The van der Waals surface area contributed by atoms with Crippen LogP contribution in [0.1, 0.15) is 5.69 Å². The van der Waals surface area contributed by atoms with E-state index in [9.17, 15) is 14.5 Å². The van der Waals surface area contributed by atoms with Gasteiger partial charge in [0.05, 0.1) is 22.9 Å². The van der Waals surface area contributed by atoms with E-state index in [1.165, 1.54) is 6.07 Å². The molecule has 0 radical (unpaired) electrons. The van der Waals surface area contributed by atoms with Crippen molar-refractivity contribution >= 4 is 17.1 Å². The fourth-order valence-electron chi connectivity index (χ4n) is 1.46. The van der Waals surface area contributed by atoms with Crippen LogP contribution < -0.4 is 5.32 Å². The molecule has 0 saturated heterocycles. The van der Waals surface area contributed by atoms with Crippen LogP contribution in [0.5, 0.6) is 0 Å². The lowest BCUT2D eigenvalue weighted by molar-refractivity contribution is -0.384. The van der Waals surface area contributed by atoms with E-state index in [4.69, 9.17) is 0 Å². The van der Waals surface area contributed by atoms with Gasteiger partial charge in [0.1, 0.15) is 11.5 Å². The molecule has 0 aliphatic carbocycles. The van der Waals surface area contributed by atoms with Crippen molar-refractivity contribution in [1.29, 1.82) is 0 Å². The monoisotopic (exact) mass is 247 g/mol. The lowest BCUT2D eigenvalue weighted by Gasteiger charge is -2.06. The lowest BCUT2D eigenvalue weighted by Crippen LogP contribution is -1.98. The highest BCUT2D eigenvalue weighted by molar-refractivity contribution is 5.68. The van der Waals surface area contributed by atoms with Gasteiger partial charge in [-0.3, -0.25) is 15.1 Å². The van der Waals surface area contributed by atoms with E-state index in [1.54, 1.807) is 18.3 Å². The summed E-state index contributed by atoms with van der Waals surface area (Å²) >= 11 is 0. The molecule has 0 bridgehead atoms. The molecule has 0 fully saturated rings. The molecule has 5 nitrogen and oxygen atoms in total. The minimum Gasteiger partial charge on any atom is -0.349 e. The van der Waals surface area contributed by atoms with Crippen LogP contribution in [0.2, 0.25) is 0 Å². The Bertz CT molecular complexity index is 584. The van der Waals surface area contributed by atoms with Crippen LogP contribution in [-0.4, -0.2) is 9.91 Å². The minimum atomic E-state index is -0.644. The van der Waals surface area contributed by atoms with E-state index < -0.39 is 10.7 Å². The van der Waals surface area contributed by atoms with Gasteiger partial charge in [0.2, 0.25) is 0 Å². The molecule has 1 heterocycles. The van der Waals surface area contributed by atoms with Crippen molar-refractivity contribution in [2.45, 2.75) is 6.92 Å². The SMILES string of the molecule is Cc1ccc(Nc2ccc(F)cc2[N+](=O)[O-])cn1. The van der Waals surface area contributed by atoms with Crippen molar-refractivity contribution in [3.8, 4) is 0 Å². The summed E-state index contributed by atoms with van der Waals surface area (Å²) < 4.78 is 13.0. The number of benzene rings is 1. The number of aryl methyl sites for hydroxylation is 1. The predicted molar refractivity (Wildman–Crippen MR) is 65.3 cm³/mol. The van der Waals surface area contributed by atoms with Crippen molar-refractivity contribution in [2.24, 2.45) is 0 Å². The van der Waals surface area contributed by atoms with Gasteiger partial charge < -0.3 is 5.32 Å². The number of hydrogen-bond acceptors (Lipinski definition) is 4. The van der Waals surface area contributed by atoms with E-state index in [2.05, 4.69) is 10.3 Å². The van der Waals surface area contributed by atoms with Gasteiger partial charge in [-0.1, -0.05) is 0 Å². The van der Waals surface area contributed by atoms with Gasteiger partial charge in [-0.15, -0.1) is 0 Å². The number of rotatable bonds is 3. The van der Waals surface area contributed by atoms with E-state index in [0.29, 0.717) is 5.69 Å². The Labute approximate surface area is 102 Å². The number of nitro groups is 1. The normalized spacial score (nSPS) is 10.1.